The summed E-state index contributed by atoms with van der Waals surface area (Å²) in [5.74, 6) is 0.953. The Morgan fingerprint density at radius 3 is 2.44 bits per heavy atom. The summed E-state index contributed by atoms with van der Waals surface area (Å²) in [6.45, 7) is 1.60. The first-order valence-corrected chi connectivity index (χ1v) is 6.14. The molecule has 1 rings (SSSR count). The lowest BCUT2D eigenvalue weighted by Gasteiger charge is -2.09. The van der Waals surface area contributed by atoms with E-state index in [1.807, 2.05) is 43.4 Å². The first-order chi connectivity index (χ1) is 7.59. The number of carbonyl (C=O) groups is 1. The van der Waals surface area contributed by atoms with Crippen molar-refractivity contribution in [2.45, 2.75) is 12.7 Å². The van der Waals surface area contributed by atoms with Crippen LogP contribution in [0.3, 0.4) is 0 Å². The standard InChI is InChI=1S/C13H17NOS/c1-11(15)13(9-14(2)3)16-10-12-7-5-4-6-8-12/h4-9H,10H2,1-3H3/b13-9+. The summed E-state index contributed by atoms with van der Waals surface area (Å²) in [6, 6.07) is 10.2. The summed E-state index contributed by atoms with van der Waals surface area (Å²) in [4.78, 5) is 14.1. The van der Waals surface area contributed by atoms with Gasteiger partial charge < -0.3 is 4.90 Å². The largest absolute Gasteiger partial charge is 0.382 e. The third kappa shape index (κ3) is 4.53. The minimum absolute atomic E-state index is 0.120. The van der Waals surface area contributed by atoms with Crippen molar-refractivity contribution in [3.05, 3.63) is 47.0 Å². The van der Waals surface area contributed by atoms with Crippen molar-refractivity contribution in [3.63, 3.8) is 0 Å². The molecule has 0 fully saturated rings. The molecule has 0 spiro atoms. The lowest BCUT2D eigenvalue weighted by molar-refractivity contribution is -0.113. The van der Waals surface area contributed by atoms with Gasteiger partial charge in [0, 0.05) is 26.0 Å². The molecule has 2 nitrogen and oxygen atoms in total. The molecule has 3 heteroatoms. The van der Waals surface area contributed by atoms with Gasteiger partial charge in [0.05, 0.1) is 4.91 Å². The van der Waals surface area contributed by atoms with Crippen LogP contribution >= 0.6 is 11.8 Å². The second-order valence-corrected chi connectivity index (χ2v) is 4.80. The number of benzene rings is 1. The number of allylic oxidation sites excluding steroid dienone is 1. The molecule has 0 saturated heterocycles. The van der Waals surface area contributed by atoms with Crippen molar-refractivity contribution in [2.24, 2.45) is 0 Å². The zero-order chi connectivity index (χ0) is 12.0. The van der Waals surface area contributed by atoms with E-state index in [0.717, 1.165) is 10.7 Å². The van der Waals surface area contributed by atoms with Crippen LogP contribution in [0.25, 0.3) is 0 Å². The van der Waals surface area contributed by atoms with E-state index in [0.29, 0.717) is 0 Å². The van der Waals surface area contributed by atoms with E-state index in [9.17, 15) is 4.79 Å². The molecule has 0 aliphatic carbocycles. The smallest absolute Gasteiger partial charge is 0.167 e. The average molecular weight is 235 g/mol. The van der Waals surface area contributed by atoms with Gasteiger partial charge >= 0.3 is 0 Å². The van der Waals surface area contributed by atoms with E-state index >= 15 is 0 Å². The molecular weight excluding hydrogens is 218 g/mol. The number of carbonyl (C=O) groups excluding carboxylic acids is 1. The topological polar surface area (TPSA) is 20.3 Å². The first-order valence-electron chi connectivity index (χ1n) is 5.15. The van der Waals surface area contributed by atoms with Crippen molar-refractivity contribution < 1.29 is 4.79 Å². The fourth-order valence-corrected chi connectivity index (χ4v) is 2.20. The lowest BCUT2D eigenvalue weighted by Crippen LogP contribution is -2.05. The first kappa shape index (κ1) is 12.8. The van der Waals surface area contributed by atoms with Gasteiger partial charge in [0.15, 0.2) is 5.78 Å². The number of ketones is 1. The van der Waals surface area contributed by atoms with Gasteiger partial charge in [-0.3, -0.25) is 4.79 Å². The van der Waals surface area contributed by atoms with E-state index in [-0.39, 0.29) is 5.78 Å². The second-order valence-electron chi connectivity index (χ2n) is 3.79. The van der Waals surface area contributed by atoms with E-state index < -0.39 is 0 Å². The number of rotatable bonds is 5. The van der Waals surface area contributed by atoms with Crippen molar-refractivity contribution in [1.82, 2.24) is 4.90 Å². The maximum Gasteiger partial charge on any atom is 0.167 e. The van der Waals surface area contributed by atoms with Crippen LogP contribution in [0.5, 0.6) is 0 Å². The van der Waals surface area contributed by atoms with Crippen LogP contribution < -0.4 is 0 Å². The predicted molar refractivity (Wildman–Crippen MR) is 70.2 cm³/mol. The fourth-order valence-electron chi connectivity index (χ4n) is 1.20. The number of hydrogen-bond donors (Lipinski definition) is 0. The summed E-state index contributed by atoms with van der Waals surface area (Å²) >= 11 is 1.58. The van der Waals surface area contributed by atoms with Crippen molar-refractivity contribution >= 4 is 17.5 Å². The van der Waals surface area contributed by atoms with Crippen LogP contribution in [0.4, 0.5) is 0 Å². The molecule has 0 bridgehead atoms. The quantitative estimate of drug-likeness (QED) is 0.732. The molecule has 0 aliphatic heterocycles. The predicted octanol–water partition coefficient (Wildman–Crippen LogP) is 2.91. The minimum Gasteiger partial charge on any atom is -0.382 e. The Bertz CT molecular complexity index is 371. The van der Waals surface area contributed by atoms with Crippen LogP contribution in [0, 0.1) is 0 Å². The normalized spacial score (nSPS) is 11.3. The van der Waals surface area contributed by atoms with E-state index in [1.165, 1.54) is 5.56 Å². The second kappa shape index (κ2) is 6.38. The van der Waals surface area contributed by atoms with E-state index in [2.05, 4.69) is 12.1 Å². The Hall–Kier alpha value is -1.22. The van der Waals surface area contributed by atoms with Crippen LogP contribution in [-0.4, -0.2) is 24.8 Å². The van der Waals surface area contributed by atoms with Gasteiger partial charge in [0.25, 0.3) is 0 Å². The van der Waals surface area contributed by atoms with Crippen LogP contribution in [0.2, 0.25) is 0 Å². The molecule has 1 aromatic rings. The minimum atomic E-state index is 0.120. The molecule has 0 N–H and O–H groups in total. The Kier molecular flexibility index (Phi) is 5.12. The van der Waals surface area contributed by atoms with Gasteiger partial charge in [-0.05, 0) is 12.5 Å². The molecule has 1 aromatic carbocycles. The zero-order valence-electron chi connectivity index (χ0n) is 9.93. The van der Waals surface area contributed by atoms with Gasteiger partial charge in [-0.1, -0.05) is 30.3 Å². The molecule has 0 aromatic heterocycles. The Morgan fingerprint density at radius 2 is 1.94 bits per heavy atom. The van der Waals surface area contributed by atoms with Crippen LogP contribution in [0.1, 0.15) is 12.5 Å². The average Bonchev–Trinajstić information content (AvgIpc) is 2.25. The Balaban J connectivity index is 2.61. The fraction of sp³-hybridized carbons (Fsp3) is 0.308. The molecule has 0 unspecified atom stereocenters. The molecule has 0 heterocycles. The van der Waals surface area contributed by atoms with Gasteiger partial charge in [-0.2, -0.15) is 0 Å². The summed E-state index contributed by atoms with van der Waals surface area (Å²) in [6.07, 6.45) is 1.87. The Labute approximate surface area is 101 Å². The van der Waals surface area contributed by atoms with Crippen LogP contribution in [0.15, 0.2) is 41.4 Å². The molecule has 0 radical (unpaired) electrons. The molecule has 16 heavy (non-hydrogen) atoms. The maximum atomic E-state index is 11.4. The summed E-state index contributed by atoms with van der Waals surface area (Å²) in [7, 11) is 3.85. The van der Waals surface area contributed by atoms with E-state index in [4.69, 9.17) is 0 Å². The highest BCUT2D eigenvalue weighted by atomic mass is 32.2. The summed E-state index contributed by atoms with van der Waals surface area (Å²) in [5, 5.41) is 0. The summed E-state index contributed by atoms with van der Waals surface area (Å²) < 4.78 is 0. The monoisotopic (exact) mass is 235 g/mol. The summed E-state index contributed by atoms with van der Waals surface area (Å²) in [5.41, 5.74) is 1.23. The van der Waals surface area contributed by atoms with Crippen molar-refractivity contribution in [1.29, 1.82) is 0 Å². The van der Waals surface area contributed by atoms with Gasteiger partial charge in [-0.15, -0.1) is 11.8 Å². The number of hydrogen-bond acceptors (Lipinski definition) is 3. The van der Waals surface area contributed by atoms with Crippen LogP contribution in [-0.2, 0) is 10.5 Å². The molecule has 0 amide bonds. The molecule has 0 aliphatic rings. The van der Waals surface area contributed by atoms with Gasteiger partial charge in [-0.25, -0.2) is 0 Å². The SMILES string of the molecule is CC(=O)/C(=C\N(C)C)SCc1ccccc1. The molecule has 0 atom stereocenters. The van der Waals surface area contributed by atoms with E-state index in [1.54, 1.807) is 18.7 Å². The molecular formula is C13H17NOS. The van der Waals surface area contributed by atoms with Crippen molar-refractivity contribution in [3.8, 4) is 0 Å². The maximum absolute atomic E-state index is 11.4. The number of nitrogens with zero attached hydrogens (tertiary/aromatic N) is 1. The Morgan fingerprint density at radius 1 is 1.31 bits per heavy atom. The molecule has 0 saturated carbocycles. The highest BCUT2D eigenvalue weighted by molar-refractivity contribution is 8.03. The van der Waals surface area contributed by atoms with Gasteiger partial charge in [0.2, 0.25) is 0 Å². The third-order valence-corrected chi connectivity index (χ3v) is 3.14. The van der Waals surface area contributed by atoms with Gasteiger partial charge in [0.1, 0.15) is 0 Å². The number of Topliss-reactive ketones (excluding diaryl/α,β-unsaturated/α-hetero) is 1. The number of thioether (sulfide) groups is 1. The molecule has 86 valence electrons. The third-order valence-electron chi connectivity index (χ3n) is 1.96. The van der Waals surface area contributed by atoms with Crippen molar-refractivity contribution in [2.75, 3.05) is 14.1 Å². The highest BCUT2D eigenvalue weighted by Gasteiger charge is 2.05. The zero-order valence-corrected chi connectivity index (χ0v) is 10.8. The lowest BCUT2D eigenvalue weighted by atomic mass is 10.2. The highest BCUT2D eigenvalue weighted by Crippen LogP contribution is 2.22.